The Morgan fingerprint density at radius 1 is 1.36 bits per heavy atom. The van der Waals surface area contributed by atoms with Crippen LogP contribution in [0.1, 0.15) is 10.4 Å². The van der Waals surface area contributed by atoms with Crippen LogP contribution in [0.15, 0.2) is 24.3 Å². The van der Waals surface area contributed by atoms with Crippen molar-refractivity contribution in [2.24, 2.45) is 5.84 Å². The van der Waals surface area contributed by atoms with E-state index in [1.807, 2.05) is 0 Å². The Morgan fingerprint density at radius 3 is 2.57 bits per heavy atom. The summed E-state index contributed by atoms with van der Waals surface area (Å²) in [6, 6.07) is 6.69. The van der Waals surface area contributed by atoms with Crippen LogP contribution in [0.25, 0.3) is 0 Å². The highest BCUT2D eigenvalue weighted by molar-refractivity contribution is 7.80. The van der Waals surface area contributed by atoms with E-state index in [-0.39, 0.29) is 11.0 Å². The molecular formula is C8H10N4OS. The zero-order chi connectivity index (χ0) is 10.6. The molecule has 74 valence electrons. The van der Waals surface area contributed by atoms with E-state index in [4.69, 9.17) is 11.6 Å². The molecule has 14 heavy (non-hydrogen) atoms. The maximum absolute atomic E-state index is 11.5. The monoisotopic (exact) mass is 210 g/mol. The fraction of sp³-hybridized carbons (Fsp3) is 0. The number of nitrogens with two attached hydrogens (primary N) is 2. The van der Waals surface area contributed by atoms with Gasteiger partial charge in [0, 0.05) is 5.69 Å². The van der Waals surface area contributed by atoms with Gasteiger partial charge in [0.15, 0.2) is 5.11 Å². The smallest absolute Gasteiger partial charge is 0.259 e. The quantitative estimate of drug-likeness (QED) is 0.222. The number of benzene rings is 1. The molecule has 1 aromatic carbocycles. The lowest BCUT2D eigenvalue weighted by Crippen LogP contribution is -2.42. The minimum Gasteiger partial charge on any atom is -0.398 e. The molecule has 5 nitrogen and oxygen atoms in total. The average Bonchev–Trinajstić information content (AvgIpc) is 2.18. The first-order valence-electron chi connectivity index (χ1n) is 3.81. The van der Waals surface area contributed by atoms with Gasteiger partial charge in [-0.1, -0.05) is 12.1 Å². The van der Waals surface area contributed by atoms with Gasteiger partial charge in [0.2, 0.25) is 0 Å². The first-order chi connectivity index (χ1) is 6.65. The zero-order valence-corrected chi connectivity index (χ0v) is 8.10. The van der Waals surface area contributed by atoms with Crippen molar-refractivity contribution in [2.45, 2.75) is 0 Å². The Kier molecular flexibility index (Phi) is 3.38. The van der Waals surface area contributed by atoms with Gasteiger partial charge in [0.05, 0.1) is 5.56 Å². The molecule has 6 N–H and O–H groups in total. The molecule has 0 aliphatic rings. The van der Waals surface area contributed by atoms with E-state index in [9.17, 15) is 4.79 Å². The number of amides is 1. The maximum Gasteiger partial charge on any atom is 0.259 e. The topological polar surface area (TPSA) is 93.2 Å². The number of nitrogens with one attached hydrogen (secondary N) is 2. The first-order valence-corrected chi connectivity index (χ1v) is 4.22. The highest BCUT2D eigenvalue weighted by Crippen LogP contribution is 2.09. The van der Waals surface area contributed by atoms with Gasteiger partial charge in [-0.05, 0) is 24.4 Å². The average molecular weight is 210 g/mol. The van der Waals surface area contributed by atoms with Crippen molar-refractivity contribution in [1.29, 1.82) is 0 Å². The third-order valence-corrected chi connectivity index (χ3v) is 1.78. The van der Waals surface area contributed by atoms with E-state index in [0.29, 0.717) is 11.3 Å². The molecule has 0 radical (unpaired) electrons. The molecule has 0 atom stereocenters. The van der Waals surface area contributed by atoms with Gasteiger partial charge in [-0.2, -0.15) is 0 Å². The molecule has 6 heteroatoms. The third kappa shape index (κ3) is 2.41. The lowest BCUT2D eigenvalue weighted by Gasteiger charge is -2.06. The van der Waals surface area contributed by atoms with Crippen molar-refractivity contribution in [3.8, 4) is 0 Å². The number of hydrogen-bond donors (Lipinski definition) is 4. The van der Waals surface area contributed by atoms with Gasteiger partial charge in [-0.25, -0.2) is 5.84 Å². The van der Waals surface area contributed by atoms with Crippen LogP contribution in [0, 0.1) is 0 Å². The van der Waals surface area contributed by atoms with Crippen LogP contribution in [0.4, 0.5) is 5.69 Å². The predicted octanol–water partition coefficient (Wildman–Crippen LogP) is -0.253. The highest BCUT2D eigenvalue weighted by Gasteiger charge is 2.09. The lowest BCUT2D eigenvalue weighted by atomic mass is 10.2. The fourth-order valence-electron chi connectivity index (χ4n) is 0.910. The number of hydrogen-bond acceptors (Lipinski definition) is 4. The molecule has 0 heterocycles. The molecule has 1 rings (SSSR count). The van der Waals surface area contributed by atoms with E-state index in [2.05, 4.69) is 23.0 Å². The largest absolute Gasteiger partial charge is 0.398 e. The summed E-state index contributed by atoms with van der Waals surface area (Å²) in [7, 11) is 0. The molecule has 1 aromatic rings. The molecule has 1 amide bonds. The summed E-state index contributed by atoms with van der Waals surface area (Å²) in [5.41, 5.74) is 8.49. The molecular weight excluding hydrogens is 200 g/mol. The molecule has 0 saturated heterocycles. The van der Waals surface area contributed by atoms with E-state index in [1.54, 1.807) is 24.3 Å². The van der Waals surface area contributed by atoms with Crippen LogP contribution in [0.5, 0.6) is 0 Å². The number of nitrogen functional groups attached to an aromatic ring is 1. The maximum atomic E-state index is 11.5. The summed E-state index contributed by atoms with van der Waals surface area (Å²) in [5.74, 6) is 4.62. The molecule has 0 aliphatic carbocycles. The van der Waals surface area contributed by atoms with Gasteiger partial charge in [-0.3, -0.25) is 10.1 Å². The summed E-state index contributed by atoms with van der Waals surface area (Å²) in [5, 5.41) is 2.42. The van der Waals surface area contributed by atoms with E-state index in [1.165, 1.54) is 0 Å². The van der Waals surface area contributed by atoms with Crippen molar-refractivity contribution in [1.82, 2.24) is 10.7 Å². The van der Waals surface area contributed by atoms with E-state index < -0.39 is 0 Å². The highest BCUT2D eigenvalue weighted by atomic mass is 32.1. The van der Waals surface area contributed by atoms with Gasteiger partial charge in [0.1, 0.15) is 0 Å². The lowest BCUT2D eigenvalue weighted by molar-refractivity contribution is 0.0977. The van der Waals surface area contributed by atoms with Gasteiger partial charge < -0.3 is 11.2 Å². The van der Waals surface area contributed by atoms with Crippen molar-refractivity contribution >= 4 is 28.9 Å². The molecule has 0 aliphatic heterocycles. The SMILES string of the molecule is NNC(=S)NC(=O)c1ccccc1N. The van der Waals surface area contributed by atoms with Gasteiger partial charge in [-0.15, -0.1) is 0 Å². The Bertz CT molecular complexity index is 366. The summed E-state index contributed by atoms with van der Waals surface area (Å²) in [6.45, 7) is 0. The summed E-state index contributed by atoms with van der Waals surface area (Å²) >= 11 is 4.67. The van der Waals surface area contributed by atoms with Gasteiger partial charge in [0.25, 0.3) is 5.91 Å². The molecule has 0 saturated carbocycles. The number of carbonyl (C=O) groups excluding carboxylic acids is 1. The van der Waals surface area contributed by atoms with Crippen molar-refractivity contribution in [3.05, 3.63) is 29.8 Å². The predicted molar refractivity (Wildman–Crippen MR) is 58.2 cm³/mol. The van der Waals surface area contributed by atoms with Crippen molar-refractivity contribution in [3.63, 3.8) is 0 Å². The van der Waals surface area contributed by atoms with Crippen LogP contribution >= 0.6 is 12.2 Å². The fourth-order valence-corrected chi connectivity index (χ4v) is 1.00. The van der Waals surface area contributed by atoms with Crippen molar-refractivity contribution < 1.29 is 4.79 Å². The Morgan fingerprint density at radius 2 is 2.00 bits per heavy atom. The standard InChI is InChI=1S/C8H10N4OS/c9-6-4-2-1-3-5(6)7(13)11-8(14)12-10/h1-4H,9-10H2,(H2,11,12,13,14). The summed E-state index contributed by atoms with van der Waals surface area (Å²) in [6.07, 6.45) is 0. The van der Waals surface area contributed by atoms with Crippen LogP contribution in [-0.4, -0.2) is 11.0 Å². The second kappa shape index (κ2) is 4.54. The number of carbonyl (C=O) groups is 1. The third-order valence-electron chi connectivity index (χ3n) is 1.56. The normalized spacial score (nSPS) is 9.21. The van der Waals surface area contributed by atoms with Crippen LogP contribution in [0.3, 0.4) is 0 Å². The first kappa shape index (κ1) is 10.4. The van der Waals surface area contributed by atoms with Gasteiger partial charge >= 0.3 is 0 Å². The number of thiocarbonyl (C=S) groups is 1. The molecule has 0 aromatic heterocycles. The Hall–Kier alpha value is -1.66. The second-order valence-corrected chi connectivity index (χ2v) is 2.92. The Balaban J connectivity index is 2.80. The van der Waals surface area contributed by atoms with Crippen molar-refractivity contribution in [2.75, 3.05) is 5.73 Å². The molecule has 0 unspecified atom stereocenters. The summed E-state index contributed by atoms with van der Waals surface area (Å²) in [4.78, 5) is 11.5. The van der Waals surface area contributed by atoms with Crippen LogP contribution in [0.2, 0.25) is 0 Å². The minimum absolute atomic E-state index is 0.0539. The summed E-state index contributed by atoms with van der Waals surface area (Å²) < 4.78 is 0. The number of para-hydroxylation sites is 1. The molecule has 0 fully saturated rings. The number of hydrazine groups is 1. The zero-order valence-electron chi connectivity index (χ0n) is 7.28. The minimum atomic E-state index is -0.383. The Labute approximate surface area is 86.4 Å². The molecule has 0 bridgehead atoms. The van der Waals surface area contributed by atoms with E-state index in [0.717, 1.165) is 0 Å². The van der Waals surface area contributed by atoms with Crippen LogP contribution in [-0.2, 0) is 0 Å². The number of anilines is 1. The van der Waals surface area contributed by atoms with Crippen LogP contribution < -0.4 is 22.3 Å². The number of rotatable bonds is 1. The molecule has 0 spiro atoms. The second-order valence-electron chi connectivity index (χ2n) is 2.51. The van der Waals surface area contributed by atoms with E-state index >= 15 is 0 Å².